The van der Waals surface area contributed by atoms with E-state index in [9.17, 15) is 4.79 Å². The summed E-state index contributed by atoms with van der Waals surface area (Å²) in [5.41, 5.74) is 6.52. The van der Waals surface area contributed by atoms with Gasteiger partial charge in [0, 0.05) is 17.5 Å². The van der Waals surface area contributed by atoms with Gasteiger partial charge < -0.3 is 4.74 Å². The first-order valence-corrected chi connectivity index (χ1v) is 13.0. The first kappa shape index (κ1) is 25.7. The molecule has 4 heterocycles. The van der Waals surface area contributed by atoms with Crippen LogP contribution in [0.1, 0.15) is 104 Å². The van der Waals surface area contributed by atoms with E-state index in [-0.39, 0.29) is 5.78 Å². The molecule has 0 spiro atoms. The van der Waals surface area contributed by atoms with E-state index in [1.54, 1.807) is 0 Å². The lowest BCUT2D eigenvalue weighted by atomic mass is 9.97. The van der Waals surface area contributed by atoms with Crippen LogP contribution in [0.2, 0.25) is 0 Å². The number of Topliss-reactive ketones (excluding diaryl/α,β-unsaturated/α-hetero) is 1. The number of hydrogen-bond acceptors (Lipinski definition) is 2. The SMILES string of the molecule is C=C1CCCCCCCC(=O)c2ccc(cc2)C(=C)CCCCCCOC(=C)c2ccc1cc2. The van der Waals surface area contributed by atoms with Crippen LogP contribution in [-0.4, -0.2) is 12.4 Å². The zero-order valence-electron chi connectivity index (χ0n) is 20.7. The number of benzene rings is 2. The number of carbonyl (C=O) groups is 1. The smallest absolute Gasteiger partial charge is 0.162 e. The predicted octanol–water partition coefficient (Wildman–Crippen LogP) is 9.28. The lowest BCUT2D eigenvalue weighted by Crippen LogP contribution is -1.99. The number of carbonyl (C=O) groups excluding carboxylic acids is 1. The molecular formula is C32H40O2. The molecule has 6 rings (SSSR count). The molecule has 0 saturated carbocycles. The first-order chi connectivity index (χ1) is 16.5. The minimum Gasteiger partial charge on any atom is -0.494 e. The van der Waals surface area contributed by atoms with E-state index in [1.807, 2.05) is 12.1 Å². The van der Waals surface area contributed by atoms with Crippen molar-refractivity contribution in [3.63, 3.8) is 0 Å². The number of allylic oxidation sites excluding steroid dienone is 2. The summed E-state index contributed by atoms with van der Waals surface area (Å²) in [5.74, 6) is 0.995. The highest BCUT2D eigenvalue weighted by Crippen LogP contribution is 2.24. The average Bonchev–Trinajstić information content (AvgIpc) is 2.86. The molecule has 0 amide bonds. The maximum Gasteiger partial charge on any atom is 0.162 e. The zero-order valence-corrected chi connectivity index (χ0v) is 20.7. The van der Waals surface area contributed by atoms with Gasteiger partial charge in [0.1, 0.15) is 5.76 Å². The largest absolute Gasteiger partial charge is 0.494 e. The molecule has 180 valence electrons. The quantitative estimate of drug-likeness (QED) is 0.395. The van der Waals surface area contributed by atoms with Crippen LogP contribution in [0.15, 0.2) is 68.3 Å². The second-order valence-electron chi connectivity index (χ2n) is 9.49. The summed E-state index contributed by atoms with van der Waals surface area (Å²) in [7, 11) is 0. The summed E-state index contributed by atoms with van der Waals surface area (Å²) in [5, 5.41) is 0. The van der Waals surface area contributed by atoms with Crippen LogP contribution in [0.5, 0.6) is 0 Å². The zero-order chi connectivity index (χ0) is 24.2. The highest BCUT2D eigenvalue weighted by atomic mass is 16.5. The molecule has 0 atom stereocenters. The van der Waals surface area contributed by atoms with Gasteiger partial charge >= 0.3 is 0 Å². The van der Waals surface area contributed by atoms with Crippen LogP contribution < -0.4 is 0 Å². The summed E-state index contributed by atoms with van der Waals surface area (Å²) in [6.07, 6.45) is 12.6. The summed E-state index contributed by atoms with van der Waals surface area (Å²) in [6, 6.07) is 16.5. The highest BCUT2D eigenvalue weighted by molar-refractivity contribution is 5.96. The summed E-state index contributed by atoms with van der Waals surface area (Å²) in [6.45, 7) is 13.3. The predicted molar refractivity (Wildman–Crippen MR) is 146 cm³/mol. The fraction of sp³-hybridized carbons (Fsp3) is 0.406. The summed E-state index contributed by atoms with van der Waals surface area (Å²) < 4.78 is 5.89. The van der Waals surface area contributed by atoms with Gasteiger partial charge in [0.2, 0.25) is 0 Å². The molecule has 34 heavy (non-hydrogen) atoms. The minimum absolute atomic E-state index is 0.250. The second-order valence-corrected chi connectivity index (χ2v) is 9.49. The van der Waals surface area contributed by atoms with Gasteiger partial charge in [0.05, 0.1) is 6.61 Å². The Kier molecular flexibility index (Phi) is 10.4. The molecule has 2 aromatic rings. The van der Waals surface area contributed by atoms with Crippen molar-refractivity contribution < 1.29 is 9.53 Å². The van der Waals surface area contributed by atoms with Crippen LogP contribution in [0.4, 0.5) is 0 Å². The maximum atomic E-state index is 12.5. The van der Waals surface area contributed by atoms with Crippen LogP contribution >= 0.6 is 0 Å². The molecule has 0 fully saturated rings. The molecule has 2 aromatic carbocycles. The van der Waals surface area contributed by atoms with Crippen molar-refractivity contribution in [1.82, 2.24) is 0 Å². The Labute approximate surface area is 206 Å². The van der Waals surface area contributed by atoms with Gasteiger partial charge in [0.25, 0.3) is 0 Å². The third-order valence-corrected chi connectivity index (χ3v) is 6.76. The van der Waals surface area contributed by atoms with Crippen LogP contribution in [0, 0.1) is 0 Å². The normalized spacial score (nSPS) is 18.1. The Bertz CT molecular complexity index is 804. The number of ether oxygens (including phenoxy) is 1. The van der Waals surface area contributed by atoms with Crippen molar-refractivity contribution in [3.8, 4) is 0 Å². The highest BCUT2D eigenvalue weighted by Gasteiger charge is 2.08. The maximum absolute atomic E-state index is 12.5. The Morgan fingerprint density at radius 3 is 1.47 bits per heavy atom. The molecule has 4 aliphatic heterocycles. The molecule has 0 unspecified atom stereocenters. The monoisotopic (exact) mass is 456 g/mol. The lowest BCUT2D eigenvalue weighted by molar-refractivity contribution is 0.0979. The van der Waals surface area contributed by atoms with Gasteiger partial charge in [-0.25, -0.2) is 0 Å². The Morgan fingerprint density at radius 2 is 0.912 bits per heavy atom. The van der Waals surface area contributed by atoms with E-state index in [0.29, 0.717) is 13.0 Å². The van der Waals surface area contributed by atoms with Crippen molar-refractivity contribution in [1.29, 1.82) is 0 Å². The van der Waals surface area contributed by atoms with Crippen molar-refractivity contribution in [2.45, 2.75) is 77.0 Å². The van der Waals surface area contributed by atoms with Crippen molar-refractivity contribution in [3.05, 3.63) is 90.5 Å². The van der Waals surface area contributed by atoms with E-state index in [2.05, 4.69) is 56.1 Å². The molecule has 0 radical (unpaired) electrons. The van der Waals surface area contributed by atoms with E-state index in [4.69, 9.17) is 4.74 Å². The van der Waals surface area contributed by atoms with Gasteiger partial charge in [-0.05, 0) is 60.8 Å². The summed E-state index contributed by atoms with van der Waals surface area (Å²) in [4.78, 5) is 12.5. The van der Waals surface area contributed by atoms with Crippen LogP contribution in [-0.2, 0) is 4.74 Å². The van der Waals surface area contributed by atoms with Gasteiger partial charge in [-0.3, -0.25) is 4.79 Å². The molecule has 0 aromatic heterocycles. The van der Waals surface area contributed by atoms with E-state index in [1.165, 1.54) is 17.6 Å². The van der Waals surface area contributed by atoms with Gasteiger partial charge in [-0.1, -0.05) is 100 Å². The van der Waals surface area contributed by atoms with E-state index in [0.717, 1.165) is 92.2 Å². The fourth-order valence-corrected chi connectivity index (χ4v) is 4.44. The van der Waals surface area contributed by atoms with Crippen molar-refractivity contribution in [2.75, 3.05) is 6.61 Å². The topological polar surface area (TPSA) is 26.3 Å². The number of rotatable bonds is 0. The molecule has 0 N–H and O–H groups in total. The third-order valence-electron chi connectivity index (χ3n) is 6.76. The van der Waals surface area contributed by atoms with Crippen LogP contribution in [0.25, 0.3) is 16.9 Å². The number of hydrogen-bond donors (Lipinski definition) is 0. The summed E-state index contributed by atoms with van der Waals surface area (Å²) >= 11 is 0. The molecule has 0 aliphatic carbocycles. The number of ketones is 1. The lowest BCUT2D eigenvalue weighted by Gasteiger charge is -2.11. The van der Waals surface area contributed by atoms with Gasteiger partial charge in [-0.2, -0.15) is 0 Å². The third kappa shape index (κ3) is 8.17. The molecule has 2 heteroatoms. The van der Waals surface area contributed by atoms with Crippen molar-refractivity contribution >= 4 is 22.7 Å². The van der Waals surface area contributed by atoms with Crippen LogP contribution in [0.3, 0.4) is 0 Å². The van der Waals surface area contributed by atoms with Crippen molar-refractivity contribution in [2.24, 2.45) is 0 Å². The second kappa shape index (κ2) is 13.7. The standard InChI is InChI=1S/C32H40O2/c1-25-13-9-5-4-6-11-15-32(33)31-22-18-29(19-23-31)26(2)14-10-7-8-12-24-34-27(3)30-20-16-28(25)17-21-30/h16-23H,1-15,24H2. The Morgan fingerprint density at radius 1 is 0.500 bits per heavy atom. The average molecular weight is 457 g/mol. The Balaban J connectivity index is 1.56. The first-order valence-electron chi connectivity index (χ1n) is 13.0. The molecule has 2 nitrogen and oxygen atoms in total. The van der Waals surface area contributed by atoms with Gasteiger partial charge in [-0.15, -0.1) is 0 Å². The van der Waals surface area contributed by atoms with E-state index < -0.39 is 0 Å². The minimum atomic E-state index is 0.250. The molecule has 4 aliphatic rings. The molecule has 4 bridgehead atoms. The Hall–Kier alpha value is -2.87. The molecular weight excluding hydrogens is 416 g/mol. The molecule has 0 saturated heterocycles. The van der Waals surface area contributed by atoms with Gasteiger partial charge in [0.15, 0.2) is 5.78 Å². The fourth-order valence-electron chi connectivity index (χ4n) is 4.44. The van der Waals surface area contributed by atoms with E-state index >= 15 is 0 Å².